The van der Waals surface area contributed by atoms with E-state index in [1.807, 2.05) is 6.92 Å². The number of carbonyl (C=O) groups is 2. The van der Waals surface area contributed by atoms with Crippen molar-refractivity contribution in [1.29, 1.82) is 0 Å². The number of nitrogens with zero attached hydrogens (tertiary/aromatic N) is 1. The van der Waals surface area contributed by atoms with Crippen LogP contribution in [0.1, 0.15) is 25.0 Å². The maximum Gasteiger partial charge on any atom is 0.263 e. The first-order valence-electron chi connectivity index (χ1n) is 5.68. The highest BCUT2D eigenvalue weighted by molar-refractivity contribution is 7.13. The first-order valence-corrected chi connectivity index (χ1v) is 6.49. The molecule has 0 aliphatic carbocycles. The van der Waals surface area contributed by atoms with E-state index in [0.717, 1.165) is 5.01 Å². The van der Waals surface area contributed by atoms with Gasteiger partial charge in [0, 0.05) is 13.1 Å². The molecule has 0 saturated heterocycles. The quantitative estimate of drug-likeness (QED) is 0.806. The number of nitrogens with one attached hydrogen (secondary N) is 2. The Hall–Kier alpha value is -2.15. The van der Waals surface area contributed by atoms with Crippen molar-refractivity contribution in [3.05, 3.63) is 40.2 Å². The van der Waals surface area contributed by atoms with Crippen molar-refractivity contribution in [3.8, 4) is 0 Å². The minimum absolute atomic E-state index is 0.178. The molecule has 0 bridgehead atoms. The molecule has 0 aliphatic heterocycles. The Kier molecular flexibility index (Phi) is 4.30. The number of thiazole rings is 1. The molecule has 2 aromatic rings. The SMILES string of the molecule is Cc1ncc(C(=O)NCCNC(=O)c2ccoc2)s1. The van der Waals surface area contributed by atoms with E-state index >= 15 is 0 Å². The van der Waals surface area contributed by atoms with Crippen molar-refractivity contribution in [2.24, 2.45) is 0 Å². The third-order valence-corrected chi connectivity index (χ3v) is 3.24. The van der Waals surface area contributed by atoms with Gasteiger partial charge in [-0.25, -0.2) is 4.98 Å². The molecule has 2 aromatic heterocycles. The number of amides is 2. The molecule has 0 aromatic carbocycles. The fourth-order valence-corrected chi connectivity index (χ4v) is 2.10. The molecule has 0 atom stereocenters. The second-order valence-corrected chi connectivity index (χ2v) is 5.00. The minimum Gasteiger partial charge on any atom is -0.472 e. The Morgan fingerprint density at radius 2 is 2.05 bits per heavy atom. The van der Waals surface area contributed by atoms with Gasteiger partial charge in [-0.05, 0) is 13.0 Å². The summed E-state index contributed by atoms with van der Waals surface area (Å²) in [6.45, 7) is 2.56. The van der Waals surface area contributed by atoms with E-state index in [2.05, 4.69) is 15.6 Å². The summed E-state index contributed by atoms with van der Waals surface area (Å²) in [5, 5.41) is 6.22. The lowest BCUT2D eigenvalue weighted by atomic mass is 10.3. The predicted molar refractivity (Wildman–Crippen MR) is 70.2 cm³/mol. The van der Waals surface area contributed by atoms with E-state index in [9.17, 15) is 9.59 Å². The molecule has 2 heterocycles. The van der Waals surface area contributed by atoms with Crippen LogP contribution in [-0.2, 0) is 0 Å². The molecular formula is C12H13N3O3S. The van der Waals surface area contributed by atoms with Gasteiger partial charge >= 0.3 is 0 Å². The van der Waals surface area contributed by atoms with Crippen molar-refractivity contribution in [1.82, 2.24) is 15.6 Å². The van der Waals surface area contributed by atoms with Crippen molar-refractivity contribution in [3.63, 3.8) is 0 Å². The Morgan fingerprint density at radius 3 is 2.63 bits per heavy atom. The zero-order valence-corrected chi connectivity index (χ0v) is 11.1. The zero-order valence-electron chi connectivity index (χ0n) is 10.3. The first kappa shape index (κ1) is 13.3. The average molecular weight is 279 g/mol. The lowest BCUT2D eigenvalue weighted by Crippen LogP contribution is -2.34. The number of furan rings is 1. The number of aryl methyl sites for hydroxylation is 1. The van der Waals surface area contributed by atoms with Crippen LogP contribution < -0.4 is 10.6 Å². The summed E-state index contributed by atoms with van der Waals surface area (Å²) in [5.41, 5.74) is 0.462. The molecule has 2 N–H and O–H groups in total. The smallest absolute Gasteiger partial charge is 0.263 e. The molecule has 2 amide bonds. The lowest BCUT2D eigenvalue weighted by Gasteiger charge is -2.04. The van der Waals surface area contributed by atoms with E-state index < -0.39 is 0 Å². The van der Waals surface area contributed by atoms with Crippen molar-refractivity contribution in [2.45, 2.75) is 6.92 Å². The molecule has 100 valence electrons. The maximum absolute atomic E-state index is 11.7. The summed E-state index contributed by atoms with van der Waals surface area (Å²) >= 11 is 1.34. The van der Waals surface area contributed by atoms with Gasteiger partial charge in [0.15, 0.2) is 0 Å². The van der Waals surface area contributed by atoms with Gasteiger partial charge in [-0.1, -0.05) is 0 Å². The van der Waals surface area contributed by atoms with E-state index in [0.29, 0.717) is 23.5 Å². The van der Waals surface area contributed by atoms with Crippen LogP contribution in [0.15, 0.2) is 29.2 Å². The Bertz CT molecular complexity index is 563. The van der Waals surface area contributed by atoms with E-state index in [-0.39, 0.29) is 11.8 Å². The second-order valence-electron chi connectivity index (χ2n) is 3.77. The number of carbonyl (C=O) groups excluding carboxylic acids is 2. The van der Waals surface area contributed by atoms with E-state index in [4.69, 9.17) is 4.42 Å². The molecule has 0 saturated carbocycles. The van der Waals surface area contributed by atoms with Gasteiger partial charge in [0.25, 0.3) is 11.8 Å². The van der Waals surface area contributed by atoms with Crippen LogP contribution in [0.3, 0.4) is 0 Å². The van der Waals surface area contributed by atoms with E-state index in [1.165, 1.54) is 23.9 Å². The third-order valence-electron chi connectivity index (χ3n) is 2.32. The fourth-order valence-electron chi connectivity index (χ4n) is 1.40. The van der Waals surface area contributed by atoms with Crippen molar-refractivity contribution >= 4 is 23.2 Å². The fraction of sp³-hybridized carbons (Fsp3) is 0.250. The lowest BCUT2D eigenvalue weighted by molar-refractivity contribution is 0.0929. The van der Waals surface area contributed by atoms with Gasteiger partial charge in [0.2, 0.25) is 0 Å². The molecular weight excluding hydrogens is 266 g/mol. The molecule has 0 radical (unpaired) electrons. The first-order chi connectivity index (χ1) is 9.16. The zero-order chi connectivity index (χ0) is 13.7. The summed E-state index contributed by atoms with van der Waals surface area (Å²) in [5.74, 6) is -0.403. The maximum atomic E-state index is 11.7. The highest BCUT2D eigenvalue weighted by atomic mass is 32.1. The van der Waals surface area contributed by atoms with Crippen LogP contribution in [-0.4, -0.2) is 29.9 Å². The van der Waals surface area contributed by atoms with Gasteiger partial charge in [0.1, 0.15) is 11.1 Å². The van der Waals surface area contributed by atoms with Gasteiger partial charge in [-0.2, -0.15) is 0 Å². The van der Waals surface area contributed by atoms with E-state index in [1.54, 1.807) is 12.3 Å². The van der Waals surface area contributed by atoms with Crippen LogP contribution in [0.5, 0.6) is 0 Å². The number of rotatable bonds is 5. The number of aromatic nitrogens is 1. The largest absolute Gasteiger partial charge is 0.472 e. The third kappa shape index (κ3) is 3.65. The molecule has 0 aliphatic rings. The van der Waals surface area contributed by atoms with Gasteiger partial charge in [-0.3, -0.25) is 9.59 Å². The van der Waals surface area contributed by atoms with Gasteiger partial charge in [-0.15, -0.1) is 11.3 Å². The molecule has 7 heteroatoms. The van der Waals surface area contributed by atoms with Crippen LogP contribution >= 0.6 is 11.3 Å². The molecule has 6 nitrogen and oxygen atoms in total. The Morgan fingerprint density at radius 1 is 1.32 bits per heavy atom. The molecule has 0 spiro atoms. The second kappa shape index (κ2) is 6.14. The summed E-state index contributed by atoms with van der Waals surface area (Å²) in [6, 6.07) is 1.58. The van der Waals surface area contributed by atoms with Crippen LogP contribution in [0.4, 0.5) is 0 Å². The normalized spacial score (nSPS) is 10.2. The standard InChI is InChI=1S/C12H13N3O3S/c1-8-15-6-10(19-8)12(17)14-4-3-13-11(16)9-2-5-18-7-9/h2,5-7H,3-4H2,1H3,(H,13,16)(H,14,17). The van der Waals surface area contributed by atoms with Crippen molar-refractivity contribution < 1.29 is 14.0 Å². The predicted octanol–water partition coefficient (Wildman–Crippen LogP) is 1.20. The Balaban J connectivity index is 1.70. The summed E-state index contributed by atoms with van der Waals surface area (Å²) < 4.78 is 4.80. The Labute approximate surface area is 113 Å². The summed E-state index contributed by atoms with van der Waals surface area (Å²) in [6.07, 6.45) is 4.34. The highest BCUT2D eigenvalue weighted by Gasteiger charge is 2.09. The van der Waals surface area contributed by atoms with Gasteiger partial charge in [0.05, 0.1) is 23.0 Å². The highest BCUT2D eigenvalue weighted by Crippen LogP contribution is 2.10. The van der Waals surface area contributed by atoms with Gasteiger partial charge < -0.3 is 15.1 Å². The number of hydrogen-bond acceptors (Lipinski definition) is 5. The molecule has 19 heavy (non-hydrogen) atoms. The monoisotopic (exact) mass is 279 g/mol. The summed E-state index contributed by atoms with van der Waals surface area (Å²) in [7, 11) is 0. The minimum atomic E-state index is -0.225. The molecule has 0 unspecified atom stereocenters. The molecule has 0 fully saturated rings. The van der Waals surface area contributed by atoms with Crippen LogP contribution in [0.25, 0.3) is 0 Å². The average Bonchev–Trinajstić information content (AvgIpc) is 3.04. The van der Waals surface area contributed by atoms with Crippen LogP contribution in [0.2, 0.25) is 0 Å². The van der Waals surface area contributed by atoms with Crippen molar-refractivity contribution in [2.75, 3.05) is 13.1 Å². The topological polar surface area (TPSA) is 84.2 Å². The molecule has 2 rings (SSSR count). The summed E-state index contributed by atoms with van der Waals surface area (Å²) in [4.78, 5) is 27.8. The van der Waals surface area contributed by atoms with Crippen LogP contribution in [0, 0.1) is 6.92 Å². The number of hydrogen-bond donors (Lipinski definition) is 2.